The number of carbonyl (C=O) groups excluding carboxylic acids is 2. The van der Waals surface area contributed by atoms with Crippen LogP contribution in [-0.2, 0) is 29.1 Å². The maximum atomic E-state index is 11.9. The van der Waals surface area contributed by atoms with Crippen molar-refractivity contribution >= 4 is 27.7 Å². The van der Waals surface area contributed by atoms with Gasteiger partial charge in [0.15, 0.2) is 5.78 Å². The normalized spacial score (nSPS) is 16.6. The van der Waals surface area contributed by atoms with Crippen LogP contribution < -0.4 is 0 Å². The first kappa shape index (κ1) is 16.2. The molecule has 1 unspecified atom stereocenters. The van der Waals surface area contributed by atoms with Gasteiger partial charge in [0.05, 0.1) is 11.7 Å². The molecule has 0 aromatic heterocycles. The smallest absolute Gasteiger partial charge is 0.355 e. The fourth-order valence-corrected chi connectivity index (χ4v) is 3.01. The summed E-state index contributed by atoms with van der Waals surface area (Å²) in [5.41, 5.74) is 0.214. The predicted octanol–water partition coefficient (Wildman–Crippen LogP) is 1.06. The molecule has 0 aliphatic carbocycles. The van der Waals surface area contributed by atoms with E-state index in [2.05, 4.69) is 4.40 Å². The van der Waals surface area contributed by atoms with Crippen molar-refractivity contribution in [2.24, 2.45) is 4.40 Å². The molecule has 2 rings (SSSR count). The molecule has 1 heterocycles. The molecule has 0 spiro atoms. The van der Waals surface area contributed by atoms with Crippen LogP contribution >= 0.6 is 0 Å². The summed E-state index contributed by atoms with van der Waals surface area (Å²) in [5.74, 6) is -1.77. The van der Waals surface area contributed by atoms with Crippen molar-refractivity contribution < 1.29 is 27.5 Å². The maximum absolute atomic E-state index is 11.9. The first-order chi connectivity index (χ1) is 10.2. The fourth-order valence-electron chi connectivity index (χ4n) is 1.86. The standard InChI is InChI=1S/C14H15NO6S/c1-8(2)20-14(17)12(9(3)16)21-13-10-6-4-5-7-11(10)22(18,19)15-13/h4-8,12H,1-3H3. The van der Waals surface area contributed by atoms with E-state index in [0.29, 0.717) is 0 Å². The van der Waals surface area contributed by atoms with E-state index in [-0.39, 0.29) is 16.4 Å². The molecule has 22 heavy (non-hydrogen) atoms. The van der Waals surface area contributed by atoms with Crippen molar-refractivity contribution in [1.82, 2.24) is 0 Å². The van der Waals surface area contributed by atoms with Crippen molar-refractivity contribution in [3.63, 3.8) is 0 Å². The van der Waals surface area contributed by atoms with Crippen LogP contribution in [0.5, 0.6) is 0 Å². The summed E-state index contributed by atoms with van der Waals surface area (Å²) in [5, 5.41) is 0. The van der Waals surface area contributed by atoms with Crippen molar-refractivity contribution in [3.05, 3.63) is 29.8 Å². The van der Waals surface area contributed by atoms with Gasteiger partial charge in [-0.3, -0.25) is 4.79 Å². The number of carbonyl (C=O) groups is 2. The molecule has 118 valence electrons. The van der Waals surface area contributed by atoms with E-state index in [9.17, 15) is 18.0 Å². The number of benzene rings is 1. The zero-order valence-electron chi connectivity index (χ0n) is 12.3. The number of fused-ring (bicyclic) bond motifs is 1. The number of hydrogen-bond acceptors (Lipinski definition) is 6. The first-order valence-corrected chi connectivity index (χ1v) is 7.98. The summed E-state index contributed by atoms with van der Waals surface area (Å²) < 4.78 is 37.4. The molecule has 1 aliphatic rings. The molecule has 0 bridgehead atoms. The second-order valence-electron chi connectivity index (χ2n) is 4.96. The Balaban J connectivity index is 2.33. The van der Waals surface area contributed by atoms with Crippen LogP contribution in [0.25, 0.3) is 0 Å². The highest BCUT2D eigenvalue weighted by atomic mass is 32.2. The first-order valence-electron chi connectivity index (χ1n) is 6.54. The molecule has 0 saturated heterocycles. The van der Waals surface area contributed by atoms with Gasteiger partial charge in [-0.05, 0) is 32.9 Å². The van der Waals surface area contributed by atoms with Crippen LogP contribution in [0.4, 0.5) is 0 Å². The molecule has 7 nitrogen and oxygen atoms in total. The van der Waals surface area contributed by atoms with Crippen LogP contribution in [0, 0.1) is 0 Å². The maximum Gasteiger partial charge on any atom is 0.355 e. The lowest BCUT2D eigenvalue weighted by atomic mass is 10.2. The summed E-state index contributed by atoms with van der Waals surface area (Å²) in [6, 6.07) is 6.02. The lowest BCUT2D eigenvalue weighted by Crippen LogP contribution is -2.36. The Morgan fingerprint density at radius 2 is 1.82 bits per heavy atom. The summed E-state index contributed by atoms with van der Waals surface area (Å²) in [7, 11) is -3.88. The minimum atomic E-state index is -3.88. The van der Waals surface area contributed by atoms with Crippen LogP contribution in [0.2, 0.25) is 0 Å². The highest BCUT2D eigenvalue weighted by Crippen LogP contribution is 2.27. The second kappa shape index (κ2) is 5.88. The quantitative estimate of drug-likeness (QED) is 0.606. The fraction of sp³-hybridized carbons (Fsp3) is 0.357. The van der Waals surface area contributed by atoms with E-state index < -0.39 is 34.0 Å². The summed E-state index contributed by atoms with van der Waals surface area (Å²) >= 11 is 0. The Hall–Kier alpha value is -2.22. The summed E-state index contributed by atoms with van der Waals surface area (Å²) in [6.45, 7) is 4.41. The molecule has 1 aromatic carbocycles. The van der Waals surface area contributed by atoms with E-state index in [1.165, 1.54) is 12.1 Å². The Labute approximate surface area is 128 Å². The van der Waals surface area contributed by atoms with Gasteiger partial charge in [0.25, 0.3) is 16.1 Å². The van der Waals surface area contributed by atoms with Gasteiger partial charge in [-0.2, -0.15) is 8.42 Å². The summed E-state index contributed by atoms with van der Waals surface area (Å²) in [4.78, 5) is 23.5. The number of Topliss-reactive ketones (excluding diaryl/α,β-unsaturated/α-hetero) is 1. The lowest BCUT2D eigenvalue weighted by Gasteiger charge is -2.16. The van der Waals surface area contributed by atoms with Gasteiger partial charge in [0, 0.05) is 0 Å². The molecule has 1 aromatic rings. The average Bonchev–Trinajstić information content (AvgIpc) is 2.67. The number of nitrogens with zero attached hydrogens (tertiary/aromatic N) is 1. The Bertz CT molecular complexity index is 750. The minimum absolute atomic E-state index is 0.0236. The molecule has 0 amide bonds. The third-order valence-corrected chi connectivity index (χ3v) is 4.08. The second-order valence-corrected chi connectivity index (χ2v) is 6.53. The van der Waals surface area contributed by atoms with E-state index in [4.69, 9.17) is 9.47 Å². The number of sulfonamides is 1. The molecule has 0 N–H and O–H groups in total. The van der Waals surface area contributed by atoms with Crippen LogP contribution in [0.3, 0.4) is 0 Å². The van der Waals surface area contributed by atoms with E-state index in [1.54, 1.807) is 26.0 Å². The zero-order valence-corrected chi connectivity index (χ0v) is 13.1. The molecule has 0 saturated carbocycles. The SMILES string of the molecule is CC(=O)C(OC1=NS(=O)(=O)c2ccccc21)C(=O)OC(C)C. The van der Waals surface area contributed by atoms with Gasteiger partial charge in [-0.25, -0.2) is 4.79 Å². The monoisotopic (exact) mass is 325 g/mol. The van der Waals surface area contributed by atoms with Crippen molar-refractivity contribution in [3.8, 4) is 0 Å². The Morgan fingerprint density at radius 1 is 1.18 bits per heavy atom. The Kier molecular flexibility index (Phi) is 4.32. The highest BCUT2D eigenvalue weighted by Gasteiger charge is 2.35. The largest absolute Gasteiger partial charge is 0.460 e. The number of ether oxygens (including phenoxy) is 2. The Morgan fingerprint density at radius 3 is 2.41 bits per heavy atom. The van der Waals surface area contributed by atoms with Crippen LogP contribution in [0.15, 0.2) is 33.6 Å². The third-order valence-electron chi connectivity index (χ3n) is 2.76. The van der Waals surface area contributed by atoms with Gasteiger partial charge >= 0.3 is 5.97 Å². The topological polar surface area (TPSA) is 99.1 Å². The molecular formula is C14H15NO6S. The summed E-state index contributed by atoms with van der Waals surface area (Å²) in [6.07, 6.45) is -1.98. The predicted molar refractivity (Wildman–Crippen MR) is 76.9 cm³/mol. The van der Waals surface area contributed by atoms with Gasteiger partial charge in [0.2, 0.25) is 5.90 Å². The number of ketones is 1. The van der Waals surface area contributed by atoms with Crippen molar-refractivity contribution in [2.75, 3.05) is 0 Å². The van der Waals surface area contributed by atoms with Gasteiger partial charge in [-0.1, -0.05) is 12.1 Å². The van der Waals surface area contributed by atoms with Gasteiger partial charge in [-0.15, -0.1) is 4.40 Å². The molecule has 0 fully saturated rings. The molecule has 1 atom stereocenters. The van der Waals surface area contributed by atoms with Crippen molar-refractivity contribution in [2.45, 2.75) is 37.9 Å². The van der Waals surface area contributed by atoms with Gasteiger partial charge in [0.1, 0.15) is 4.90 Å². The highest BCUT2D eigenvalue weighted by molar-refractivity contribution is 7.90. The van der Waals surface area contributed by atoms with E-state index in [1.807, 2.05) is 0 Å². The number of esters is 1. The molecule has 0 radical (unpaired) electrons. The average molecular weight is 325 g/mol. The van der Waals surface area contributed by atoms with Crippen LogP contribution in [-0.4, -0.2) is 38.3 Å². The molecule has 8 heteroatoms. The zero-order chi connectivity index (χ0) is 16.5. The van der Waals surface area contributed by atoms with E-state index in [0.717, 1.165) is 6.92 Å². The molecular weight excluding hydrogens is 310 g/mol. The van der Waals surface area contributed by atoms with Crippen LogP contribution in [0.1, 0.15) is 26.3 Å². The van der Waals surface area contributed by atoms with Gasteiger partial charge < -0.3 is 9.47 Å². The van der Waals surface area contributed by atoms with E-state index >= 15 is 0 Å². The molecule has 1 aliphatic heterocycles. The third kappa shape index (κ3) is 3.16. The lowest BCUT2D eigenvalue weighted by molar-refractivity contribution is -0.159. The van der Waals surface area contributed by atoms with Crippen molar-refractivity contribution in [1.29, 1.82) is 0 Å². The number of hydrogen-bond donors (Lipinski definition) is 0. The number of rotatable bonds is 4. The minimum Gasteiger partial charge on any atom is -0.460 e.